The van der Waals surface area contributed by atoms with E-state index < -0.39 is 40.4 Å². The summed E-state index contributed by atoms with van der Waals surface area (Å²) in [6, 6.07) is 9.69. The first-order valence-electron chi connectivity index (χ1n) is 9.47. The van der Waals surface area contributed by atoms with E-state index in [1.54, 1.807) is 0 Å². The van der Waals surface area contributed by atoms with Gasteiger partial charge in [-0.05, 0) is 48.5 Å². The maximum absolute atomic E-state index is 14.6. The lowest BCUT2D eigenvalue weighted by molar-refractivity contribution is 0.102. The number of amides is 1. The Balaban J connectivity index is 1.60. The number of hydrogen-bond donors (Lipinski definition) is 2. The summed E-state index contributed by atoms with van der Waals surface area (Å²) in [6.45, 7) is 0. The van der Waals surface area contributed by atoms with E-state index in [4.69, 9.17) is 22.1 Å². The molecule has 12 heteroatoms. The molecule has 2 aromatic heterocycles. The summed E-state index contributed by atoms with van der Waals surface area (Å²) in [5, 5.41) is 1.96. The van der Waals surface area contributed by atoms with Gasteiger partial charge in [0.05, 0.1) is 5.69 Å². The molecule has 0 saturated heterocycles. The van der Waals surface area contributed by atoms with Gasteiger partial charge in [-0.1, -0.05) is 11.6 Å². The zero-order valence-electron chi connectivity index (χ0n) is 16.9. The van der Waals surface area contributed by atoms with E-state index in [0.717, 1.165) is 35.2 Å². The van der Waals surface area contributed by atoms with Crippen molar-refractivity contribution >= 4 is 29.0 Å². The van der Waals surface area contributed by atoms with Crippen molar-refractivity contribution in [3.8, 4) is 17.3 Å². The maximum atomic E-state index is 14.6. The molecule has 4 rings (SSSR count). The van der Waals surface area contributed by atoms with Gasteiger partial charge in [-0.2, -0.15) is 9.37 Å². The second-order valence-corrected chi connectivity index (χ2v) is 7.12. The molecule has 0 aliphatic heterocycles. The molecule has 0 unspecified atom stereocenters. The Morgan fingerprint density at radius 3 is 2.50 bits per heavy atom. The van der Waals surface area contributed by atoms with Gasteiger partial charge in [0.1, 0.15) is 28.5 Å². The van der Waals surface area contributed by atoms with Gasteiger partial charge in [0.25, 0.3) is 11.5 Å². The first kappa shape index (κ1) is 22.8. The van der Waals surface area contributed by atoms with Crippen LogP contribution in [0.4, 0.5) is 24.7 Å². The standard InChI is InChI=1S/C22H13ClF3N5O3/c23-16-19(27)28-10-29-21(16)34-15-8-7-14(17(25)18(15)26)30-20(32)13-2-1-9-31(22(13)33)12-5-3-11(24)4-6-12/h1-10H,(H,30,32)(H2,27,28,29). The highest BCUT2D eigenvalue weighted by Gasteiger charge is 2.21. The third-order valence-corrected chi connectivity index (χ3v) is 4.94. The summed E-state index contributed by atoms with van der Waals surface area (Å²) < 4.78 is 48.6. The number of anilines is 2. The monoisotopic (exact) mass is 487 g/mol. The minimum absolute atomic E-state index is 0.120. The molecule has 0 atom stereocenters. The number of benzene rings is 2. The number of hydrogen-bond acceptors (Lipinski definition) is 6. The van der Waals surface area contributed by atoms with Crippen molar-refractivity contribution in [2.24, 2.45) is 0 Å². The van der Waals surface area contributed by atoms with Gasteiger partial charge in [0, 0.05) is 11.9 Å². The lowest BCUT2D eigenvalue weighted by Gasteiger charge is -2.12. The Hall–Kier alpha value is -4.38. The van der Waals surface area contributed by atoms with Gasteiger partial charge in [0.2, 0.25) is 11.7 Å². The van der Waals surface area contributed by atoms with Crippen LogP contribution >= 0.6 is 11.6 Å². The summed E-state index contributed by atoms with van der Waals surface area (Å²) in [5.74, 6) is -5.36. The molecule has 2 heterocycles. The largest absolute Gasteiger partial charge is 0.434 e. The average molecular weight is 488 g/mol. The summed E-state index contributed by atoms with van der Waals surface area (Å²) in [6.07, 6.45) is 2.40. The molecule has 3 N–H and O–H groups in total. The minimum Gasteiger partial charge on any atom is -0.434 e. The Bertz CT molecular complexity index is 1460. The Labute approximate surface area is 194 Å². The van der Waals surface area contributed by atoms with Crippen molar-refractivity contribution in [1.82, 2.24) is 14.5 Å². The summed E-state index contributed by atoms with van der Waals surface area (Å²) in [7, 11) is 0. The number of nitrogen functional groups attached to an aromatic ring is 1. The quantitative estimate of drug-likeness (QED) is 0.433. The molecule has 0 aliphatic rings. The van der Waals surface area contributed by atoms with Crippen molar-refractivity contribution in [3.05, 3.63) is 99.4 Å². The zero-order chi connectivity index (χ0) is 24.4. The van der Waals surface area contributed by atoms with E-state index in [-0.39, 0.29) is 22.3 Å². The predicted octanol–water partition coefficient (Wildman–Crippen LogP) is 4.33. The van der Waals surface area contributed by atoms with Crippen molar-refractivity contribution in [2.75, 3.05) is 11.1 Å². The molecular formula is C22H13ClF3N5O3. The molecule has 2 aromatic carbocycles. The van der Waals surface area contributed by atoms with E-state index in [2.05, 4.69) is 15.3 Å². The van der Waals surface area contributed by atoms with Crippen LogP contribution in [-0.4, -0.2) is 20.4 Å². The molecular weight excluding hydrogens is 475 g/mol. The van der Waals surface area contributed by atoms with Crippen LogP contribution in [0.5, 0.6) is 11.6 Å². The summed E-state index contributed by atoms with van der Waals surface area (Å²) in [5.41, 5.74) is 4.19. The van der Waals surface area contributed by atoms with Crippen molar-refractivity contribution in [3.63, 3.8) is 0 Å². The normalized spacial score (nSPS) is 10.7. The molecule has 4 aromatic rings. The molecule has 8 nitrogen and oxygen atoms in total. The fourth-order valence-electron chi connectivity index (χ4n) is 2.91. The molecule has 0 bridgehead atoms. The van der Waals surface area contributed by atoms with Crippen LogP contribution in [0, 0.1) is 17.5 Å². The van der Waals surface area contributed by atoms with Gasteiger partial charge in [-0.3, -0.25) is 14.2 Å². The SMILES string of the molecule is Nc1ncnc(Oc2ccc(NC(=O)c3cccn(-c4ccc(F)cc4)c3=O)c(F)c2F)c1Cl. The van der Waals surface area contributed by atoms with Gasteiger partial charge in [-0.25, -0.2) is 13.8 Å². The zero-order valence-corrected chi connectivity index (χ0v) is 17.7. The number of rotatable bonds is 5. The third-order valence-electron chi connectivity index (χ3n) is 4.58. The smallest absolute Gasteiger partial charge is 0.267 e. The van der Waals surface area contributed by atoms with Gasteiger partial charge < -0.3 is 15.8 Å². The Morgan fingerprint density at radius 1 is 1.03 bits per heavy atom. The van der Waals surface area contributed by atoms with Crippen molar-refractivity contribution in [2.45, 2.75) is 0 Å². The fourth-order valence-corrected chi connectivity index (χ4v) is 3.05. The van der Waals surface area contributed by atoms with Crippen molar-refractivity contribution < 1.29 is 22.7 Å². The number of halogens is 4. The van der Waals surface area contributed by atoms with E-state index in [1.807, 2.05) is 0 Å². The van der Waals surface area contributed by atoms with E-state index in [9.17, 15) is 22.8 Å². The number of nitrogens with zero attached hydrogens (tertiary/aromatic N) is 3. The third kappa shape index (κ3) is 4.41. The number of ether oxygens (including phenoxy) is 1. The Kier molecular flexibility index (Phi) is 6.19. The van der Waals surface area contributed by atoms with Crippen LogP contribution in [0.2, 0.25) is 5.02 Å². The molecule has 34 heavy (non-hydrogen) atoms. The molecule has 0 radical (unpaired) electrons. The van der Waals surface area contributed by atoms with Crippen molar-refractivity contribution in [1.29, 1.82) is 0 Å². The van der Waals surface area contributed by atoms with Gasteiger partial charge >= 0.3 is 0 Å². The van der Waals surface area contributed by atoms with Crippen LogP contribution in [0.3, 0.4) is 0 Å². The summed E-state index contributed by atoms with van der Waals surface area (Å²) in [4.78, 5) is 32.7. The number of aromatic nitrogens is 3. The first-order valence-corrected chi connectivity index (χ1v) is 9.85. The van der Waals surface area contributed by atoms with Crippen LogP contribution < -0.4 is 21.3 Å². The number of carbonyl (C=O) groups excluding carboxylic acids is 1. The lowest BCUT2D eigenvalue weighted by Crippen LogP contribution is -2.28. The Morgan fingerprint density at radius 2 is 1.76 bits per heavy atom. The highest BCUT2D eigenvalue weighted by atomic mass is 35.5. The summed E-state index contributed by atoms with van der Waals surface area (Å²) >= 11 is 5.88. The van der Waals surface area contributed by atoms with E-state index in [1.165, 1.54) is 30.5 Å². The highest BCUT2D eigenvalue weighted by Crippen LogP contribution is 2.33. The van der Waals surface area contributed by atoms with Crippen LogP contribution in [0.15, 0.2) is 65.8 Å². The van der Waals surface area contributed by atoms with Crippen LogP contribution in [-0.2, 0) is 0 Å². The lowest BCUT2D eigenvalue weighted by atomic mass is 10.2. The number of pyridine rings is 1. The maximum Gasteiger partial charge on any atom is 0.267 e. The molecule has 172 valence electrons. The number of nitrogens with one attached hydrogen (secondary N) is 1. The second kappa shape index (κ2) is 9.24. The van der Waals surface area contributed by atoms with Crippen LogP contribution in [0.25, 0.3) is 5.69 Å². The van der Waals surface area contributed by atoms with Gasteiger partial charge in [-0.15, -0.1) is 0 Å². The van der Waals surface area contributed by atoms with E-state index >= 15 is 0 Å². The first-order chi connectivity index (χ1) is 16.3. The van der Waals surface area contributed by atoms with E-state index in [0.29, 0.717) is 5.69 Å². The molecule has 0 aliphatic carbocycles. The topological polar surface area (TPSA) is 112 Å². The predicted molar refractivity (Wildman–Crippen MR) is 118 cm³/mol. The number of carbonyl (C=O) groups is 1. The molecule has 0 fully saturated rings. The highest BCUT2D eigenvalue weighted by molar-refractivity contribution is 6.34. The minimum atomic E-state index is -1.45. The number of nitrogens with two attached hydrogens (primary N) is 1. The van der Waals surface area contributed by atoms with Gasteiger partial charge in [0.15, 0.2) is 11.6 Å². The fraction of sp³-hybridized carbons (Fsp3) is 0. The molecule has 0 saturated carbocycles. The molecule has 1 amide bonds. The van der Waals surface area contributed by atoms with Crippen LogP contribution in [0.1, 0.15) is 10.4 Å². The average Bonchev–Trinajstić information content (AvgIpc) is 2.82. The molecule has 0 spiro atoms. The second-order valence-electron chi connectivity index (χ2n) is 6.75.